The van der Waals surface area contributed by atoms with E-state index < -0.39 is 0 Å². The van der Waals surface area contributed by atoms with Gasteiger partial charge in [-0.3, -0.25) is 0 Å². The van der Waals surface area contributed by atoms with Gasteiger partial charge < -0.3 is 0 Å². The number of hydrogen-bond acceptors (Lipinski definition) is 0. The fraction of sp³-hybridized carbons (Fsp3) is 0.714. The Hall–Kier alpha value is -0.520. The van der Waals surface area contributed by atoms with Gasteiger partial charge in [-0.25, -0.2) is 0 Å². The molecule has 3 atom stereocenters. The highest BCUT2D eigenvalue weighted by Gasteiger charge is 2.30. The Morgan fingerprint density at radius 1 is 1.43 bits per heavy atom. The molecule has 2 rings (SSSR count). The minimum Gasteiger partial charge on any atom is -0.0811 e. The van der Waals surface area contributed by atoms with E-state index in [1.807, 2.05) is 0 Å². The maximum atomic E-state index is 2.47. The van der Waals surface area contributed by atoms with E-state index in [1.165, 1.54) is 32.1 Å². The molecule has 0 amide bonds. The molecular weight excluding hydrogens is 168 g/mol. The molecule has 2 aliphatic carbocycles. The summed E-state index contributed by atoms with van der Waals surface area (Å²) in [6.45, 7) is 4.71. The van der Waals surface area contributed by atoms with Gasteiger partial charge in [0.2, 0.25) is 0 Å². The lowest BCUT2D eigenvalue weighted by molar-refractivity contribution is 0.257. The fourth-order valence-corrected chi connectivity index (χ4v) is 3.15. The standard InChI is InChI=1S/C14H22/c1-3-6-13-11(2)9-10-12-7-4-5-8-14(12)13/h7,9-11,13-14H,3-6,8H2,1-2H3. The maximum absolute atomic E-state index is 2.47. The van der Waals surface area contributed by atoms with Crippen molar-refractivity contribution in [1.82, 2.24) is 0 Å². The van der Waals surface area contributed by atoms with Gasteiger partial charge in [-0.1, -0.05) is 38.5 Å². The third-order valence-corrected chi connectivity index (χ3v) is 3.93. The second kappa shape index (κ2) is 4.33. The summed E-state index contributed by atoms with van der Waals surface area (Å²) in [5.74, 6) is 2.62. The molecule has 14 heavy (non-hydrogen) atoms. The molecule has 0 aromatic carbocycles. The van der Waals surface area contributed by atoms with Crippen molar-refractivity contribution < 1.29 is 0 Å². The summed E-state index contributed by atoms with van der Waals surface area (Å²) >= 11 is 0. The molecule has 0 heterocycles. The monoisotopic (exact) mass is 190 g/mol. The maximum Gasteiger partial charge on any atom is -0.0131 e. The second-order valence-corrected chi connectivity index (χ2v) is 4.91. The molecule has 0 saturated heterocycles. The quantitative estimate of drug-likeness (QED) is 0.608. The Morgan fingerprint density at radius 2 is 2.29 bits per heavy atom. The highest BCUT2D eigenvalue weighted by atomic mass is 14.4. The number of rotatable bonds is 2. The lowest BCUT2D eigenvalue weighted by Crippen LogP contribution is -2.26. The largest absolute Gasteiger partial charge is 0.0811 e. The van der Waals surface area contributed by atoms with Crippen LogP contribution in [0.4, 0.5) is 0 Å². The summed E-state index contributed by atoms with van der Waals surface area (Å²) in [5, 5.41) is 0. The van der Waals surface area contributed by atoms with Crippen molar-refractivity contribution in [3.8, 4) is 0 Å². The van der Waals surface area contributed by atoms with E-state index in [0.29, 0.717) is 0 Å². The van der Waals surface area contributed by atoms with Crippen LogP contribution in [0.3, 0.4) is 0 Å². The molecule has 3 unspecified atom stereocenters. The molecule has 0 nitrogen and oxygen atoms in total. The van der Waals surface area contributed by atoms with Gasteiger partial charge in [0.15, 0.2) is 0 Å². The van der Waals surface area contributed by atoms with Crippen molar-refractivity contribution in [2.45, 2.75) is 46.0 Å². The minimum absolute atomic E-state index is 0.801. The number of allylic oxidation sites excluding steroid dienone is 4. The molecule has 0 spiro atoms. The zero-order chi connectivity index (χ0) is 9.97. The van der Waals surface area contributed by atoms with E-state index in [2.05, 4.69) is 32.1 Å². The van der Waals surface area contributed by atoms with Crippen LogP contribution in [0.25, 0.3) is 0 Å². The van der Waals surface area contributed by atoms with Crippen molar-refractivity contribution in [2.24, 2.45) is 17.8 Å². The van der Waals surface area contributed by atoms with Crippen LogP contribution in [-0.4, -0.2) is 0 Å². The number of hydrogen-bond donors (Lipinski definition) is 0. The van der Waals surface area contributed by atoms with E-state index in [-0.39, 0.29) is 0 Å². The first-order chi connectivity index (χ1) is 6.83. The van der Waals surface area contributed by atoms with Crippen LogP contribution in [0.5, 0.6) is 0 Å². The van der Waals surface area contributed by atoms with Crippen LogP contribution in [0.2, 0.25) is 0 Å². The predicted molar refractivity (Wildman–Crippen MR) is 62.1 cm³/mol. The van der Waals surface area contributed by atoms with E-state index >= 15 is 0 Å². The Morgan fingerprint density at radius 3 is 3.07 bits per heavy atom. The van der Waals surface area contributed by atoms with Crippen molar-refractivity contribution in [3.63, 3.8) is 0 Å². The van der Waals surface area contributed by atoms with Gasteiger partial charge >= 0.3 is 0 Å². The topological polar surface area (TPSA) is 0 Å². The second-order valence-electron chi connectivity index (χ2n) is 4.91. The average molecular weight is 190 g/mol. The van der Waals surface area contributed by atoms with Gasteiger partial charge in [0.25, 0.3) is 0 Å². The van der Waals surface area contributed by atoms with E-state index in [9.17, 15) is 0 Å². The summed E-state index contributed by atoms with van der Waals surface area (Å²) in [7, 11) is 0. The summed E-state index contributed by atoms with van der Waals surface area (Å²) < 4.78 is 0. The predicted octanol–water partition coefficient (Wildman–Crippen LogP) is 4.34. The zero-order valence-electron chi connectivity index (χ0n) is 9.50. The normalized spacial score (nSPS) is 36.4. The molecule has 0 radical (unpaired) electrons. The first-order valence-electron chi connectivity index (χ1n) is 6.21. The molecule has 0 heteroatoms. The van der Waals surface area contributed by atoms with Crippen molar-refractivity contribution in [1.29, 1.82) is 0 Å². The van der Waals surface area contributed by atoms with Gasteiger partial charge in [-0.05, 0) is 49.0 Å². The van der Waals surface area contributed by atoms with Gasteiger partial charge in [-0.2, -0.15) is 0 Å². The van der Waals surface area contributed by atoms with E-state index in [1.54, 1.807) is 5.57 Å². The summed E-state index contributed by atoms with van der Waals surface area (Å²) in [6.07, 6.45) is 14.2. The van der Waals surface area contributed by atoms with Crippen molar-refractivity contribution in [2.75, 3.05) is 0 Å². The van der Waals surface area contributed by atoms with Crippen LogP contribution >= 0.6 is 0 Å². The smallest absolute Gasteiger partial charge is 0.0131 e. The zero-order valence-corrected chi connectivity index (χ0v) is 9.50. The third-order valence-electron chi connectivity index (χ3n) is 3.93. The van der Waals surface area contributed by atoms with E-state index in [4.69, 9.17) is 0 Å². The Kier molecular flexibility index (Phi) is 3.10. The summed E-state index contributed by atoms with van der Waals surface area (Å²) in [5.41, 5.74) is 1.65. The molecule has 0 aromatic rings. The molecule has 0 fully saturated rings. The molecule has 0 N–H and O–H groups in total. The lowest BCUT2D eigenvalue weighted by Gasteiger charge is -2.37. The third kappa shape index (κ3) is 1.80. The first-order valence-corrected chi connectivity index (χ1v) is 6.21. The van der Waals surface area contributed by atoms with Crippen molar-refractivity contribution >= 4 is 0 Å². The van der Waals surface area contributed by atoms with Gasteiger partial charge in [0.1, 0.15) is 0 Å². The molecule has 0 saturated carbocycles. The Balaban J connectivity index is 2.19. The summed E-state index contributed by atoms with van der Waals surface area (Å²) in [6, 6.07) is 0. The molecular formula is C14H22. The van der Waals surface area contributed by atoms with Gasteiger partial charge in [0, 0.05) is 0 Å². The Labute approximate surface area is 88.1 Å². The molecule has 0 aromatic heterocycles. The molecule has 78 valence electrons. The van der Waals surface area contributed by atoms with Crippen molar-refractivity contribution in [3.05, 3.63) is 23.8 Å². The minimum atomic E-state index is 0.801. The highest BCUT2D eigenvalue weighted by Crippen LogP contribution is 2.41. The van der Waals surface area contributed by atoms with Crippen LogP contribution in [0, 0.1) is 17.8 Å². The Bertz CT molecular complexity index is 247. The van der Waals surface area contributed by atoms with Crippen LogP contribution < -0.4 is 0 Å². The highest BCUT2D eigenvalue weighted by molar-refractivity contribution is 5.28. The van der Waals surface area contributed by atoms with Crippen LogP contribution in [0.15, 0.2) is 23.8 Å². The first kappa shape index (κ1) is 10.0. The summed E-state index contributed by atoms with van der Waals surface area (Å²) in [4.78, 5) is 0. The molecule has 2 aliphatic rings. The number of fused-ring (bicyclic) bond motifs is 1. The van der Waals surface area contributed by atoms with Crippen LogP contribution in [0.1, 0.15) is 46.0 Å². The SMILES string of the molecule is CCCC1C(C)C=CC2=CCCCC21. The van der Waals surface area contributed by atoms with Gasteiger partial charge in [0.05, 0.1) is 0 Å². The molecule has 0 aliphatic heterocycles. The van der Waals surface area contributed by atoms with E-state index in [0.717, 1.165) is 17.8 Å². The van der Waals surface area contributed by atoms with Gasteiger partial charge in [-0.15, -0.1) is 0 Å². The van der Waals surface area contributed by atoms with Crippen LogP contribution in [-0.2, 0) is 0 Å². The molecule has 0 bridgehead atoms. The average Bonchev–Trinajstić information content (AvgIpc) is 2.23. The lowest BCUT2D eigenvalue weighted by atomic mass is 9.68. The fourth-order valence-electron chi connectivity index (χ4n) is 3.15.